The monoisotopic (exact) mass is 298 g/mol. The van der Waals surface area contributed by atoms with Gasteiger partial charge in [0.15, 0.2) is 0 Å². The van der Waals surface area contributed by atoms with Crippen molar-refractivity contribution in [2.75, 3.05) is 0 Å². The van der Waals surface area contributed by atoms with Crippen LogP contribution in [0.2, 0.25) is 0 Å². The minimum atomic E-state index is -6.31. The molecule has 0 spiro atoms. The predicted octanol–water partition coefficient (Wildman–Crippen LogP) is 3.45. The zero-order valence-corrected chi connectivity index (χ0v) is 7.64. The first-order chi connectivity index (χ1) is 7.63. The van der Waals surface area contributed by atoms with Gasteiger partial charge in [0.05, 0.1) is 0 Å². The summed E-state index contributed by atoms with van der Waals surface area (Å²) in [5, 5.41) is 0. The summed E-state index contributed by atoms with van der Waals surface area (Å²) >= 11 is 0. The second-order valence-electron chi connectivity index (χ2n) is 3.29. The van der Waals surface area contributed by atoms with Crippen LogP contribution in [0.4, 0.5) is 48.3 Å². The molecule has 1 nitrogen and oxygen atoms in total. The van der Waals surface area contributed by atoms with Crippen molar-refractivity contribution in [1.82, 2.24) is 0 Å². The summed E-state index contributed by atoms with van der Waals surface area (Å²) in [5.74, 6) is -25.0. The molecule has 12 heteroatoms. The number of ether oxygens (including phenoxy) is 1. The molecule has 1 rings (SSSR count). The summed E-state index contributed by atoms with van der Waals surface area (Å²) in [4.78, 5) is 0. The third kappa shape index (κ3) is 1.43. The van der Waals surface area contributed by atoms with Crippen molar-refractivity contribution in [3.63, 3.8) is 0 Å². The van der Waals surface area contributed by atoms with E-state index in [1.807, 2.05) is 0 Å². The van der Waals surface area contributed by atoms with E-state index in [2.05, 4.69) is 4.74 Å². The molecule has 0 saturated heterocycles. The Morgan fingerprint density at radius 3 is 1.33 bits per heavy atom. The van der Waals surface area contributed by atoms with E-state index in [1.54, 1.807) is 0 Å². The van der Waals surface area contributed by atoms with Gasteiger partial charge in [0.2, 0.25) is 0 Å². The molecule has 0 aromatic rings. The SMILES string of the molecule is FC(OC1(F)C(F)(F)C(F)(F)C1(F)F)C(F)(F)F. The van der Waals surface area contributed by atoms with Crippen molar-refractivity contribution in [2.24, 2.45) is 0 Å². The summed E-state index contributed by atoms with van der Waals surface area (Å²) < 4.78 is 135. The largest absolute Gasteiger partial charge is 0.445 e. The molecule has 1 saturated carbocycles. The topological polar surface area (TPSA) is 9.23 Å². The molecule has 1 unspecified atom stereocenters. The molecule has 0 amide bonds. The van der Waals surface area contributed by atoms with E-state index in [9.17, 15) is 48.3 Å². The molecule has 0 N–H and O–H groups in total. The molecule has 1 aliphatic rings. The van der Waals surface area contributed by atoms with Crippen LogP contribution in [0, 0.1) is 0 Å². The maximum Gasteiger partial charge on any atom is 0.445 e. The van der Waals surface area contributed by atoms with Gasteiger partial charge in [0.25, 0.3) is 6.36 Å². The van der Waals surface area contributed by atoms with Crippen LogP contribution in [0.25, 0.3) is 0 Å². The van der Waals surface area contributed by atoms with Gasteiger partial charge in [-0.05, 0) is 0 Å². The van der Waals surface area contributed by atoms with Gasteiger partial charge in [-0.1, -0.05) is 0 Å². The van der Waals surface area contributed by atoms with Crippen molar-refractivity contribution in [1.29, 1.82) is 0 Å². The van der Waals surface area contributed by atoms with E-state index in [0.717, 1.165) is 0 Å². The molecule has 0 aromatic heterocycles. The highest BCUT2D eigenvalue weighted by molar-refractivity contribution is 5.23. The van der Waals surface area contributed by atoms with Crippen molar-refractivity contribution in [3.05, 3.63) is 0 Å². The first-order valence-corrected chi connectivity index (χ1v) is 3.84. The van der Waals surface area contributed by atoms with Gasteiger partial charge in [-0.15, -0.1) is 0 Å². The van der Waals surface area contributed by atoms with Crippen LogP contribution >= 0.6 is 0 Å². The fraction of sp³-hybridized carbons (Fsp3) is 1.00. The van der Waals surface area contributed by atoms with Gasteiger partial charge in [0.1, 0.15) is 0 Å². The van der Waals surface area contributed by atoms with Gasteiger partial charge in [-0.25, -0.2) is 4.39 Å². The molecule has 1 atom stereocenters. The van der Waals surface area contributed by atoms with Crippen molar-refractivity contribution >= 4 is 0 Å². The Kier molecular flexibility index (Phi) is 2.87. The van der Waals surface area contributed by atoms with Crippen molar-refractivity contribution in [3.8, 4) is 0 Å². The number of hydrogen-bond donors (Lipinski definition) is 0. The highest BCUT2D eigenvalue weighted by Gasteiger charge is 3.02. The Hall–Kier alpha value is -0.810. The van der Waals surface area contributed by atoms with Gasteiger partial charge in [0, 0.05) is 0 Å². The van der Waals surface area contributed by atoms with Crippen molar-refractivity contribution in [2.45, 2.75) is 36.2 Å². The Morgan fingerprint density at radius 1 is 0.722 bits per heavy atom. The van der Waals surface area contributed by atoms with Crippen LogP contribution < -0.4 is 0 Å². The Bertz CT molecular complexity index is 326. The molecule has 18 heavy (non-hydrogen) atoms. The highest BCUT2D eigenvalue weighted by Crippen LogP contribution is 2.69. The summed E-state index contributed by atoms with van der Waals surface area (Å²) in [6.07, 6.45) is -11.0. The zero-order chi connectivity index (χ0) is 14.8. The fourth-order valence-corrected chi connectivity index (χ4v) is 1.09. The van der Waals surface area contributed by atoms with Crippen LogP contribution in [-0.2, 0) is 4.74 Å². The Morgan fingerprint density at radius 2 is 1.06 bits per heavy atom. The Balaban J connectivity index is 3.08. The molecule has 0 aromatic carbocycles. The smallest absolute Gasteiger partial charge is 0.293 e. The number of alkyl halides is 11. The highest BCUT2D eigenvalue weighted by atomic mass is 19.4. The quantitative estimate of drug-likeness (QED) is 0.710. The fourth-order valence-electron chi connectivity index (χ4n) is 1.09. The molecule has 0 heterocycles. The molecule has 0 radical (unpaired) electrons. The van der Waals surface area contributed by atoms with Crippen LogP contribution in [0.5, 0.6) is 0 Å². The summed E-state index contributed by atoms with van der Waals surface area (Å²) in [5.41, 5.74) is 0. The molecular weight excluding hydrogens is 297 g/mol. The average Bonchev–Trinajstić information content (AvgIpc) is 2.13. The maximum atomic E-state index is 12.8. The van der Waals surface area contributed by atoms with E-state index in [0.29, 0.717) is 0 Å². The van der Waals surface area contributed by atoms with Gasteiger partial charge < -0.3 is 0 Å². The van der Waals surface area contributed by atoms with E-state index < -0.39 is 36.2 Å². The lowest BCUT2D eigenvalue weighted by Gasteiger charge is -2.53. The van der Waals surface area contributed by atoms with Crippen LogP contribution in [0.1, 0.15) is 0 Å². The van der Waals surface area contributed by atoms with E-state index >= 15 is 0 Å². The lowest BCUT2D eigenvalue weighted by Crippen LogP contribution is -2.85. The molecular formula is C6HF11O. The normalized spacial score (nSPS) is 29.5. The average molecular weight is 298 g/mol. The van der Waals surface area contributed by atoms with Gasteiger partial charge in [-0.2, -0.15) is 43.9 Å². The predicted molar refractivity (Wildman–Crippen MR) is 30.7 cm³/mol. The van der Waals surface area contributed by atoms with Gasteiger partial charge in [-0.3, -0.25) is 4.74 Å². The maximum absolute atomic E-state index is 12.8. The number of halogens is 11. The molecule has 1 aliphatic carbocycles. The summed E-state index contributed by atoms with van der Waals surface area (Å²) in [6.45, 7) is 0. The Labute approximate surface area is 90.5 Å². The standard InChI is InChI=1S/C6HF11O/c7-1(2(8,9)10)18-6(17)4(13,14)3(11,12)5(6,15)16/h1H. The van der Waals surface area contributed by atoms with E-state index in [1.165, 1.54) is 0 Å². The van der Waals surface area contributed by atoms with E-state index in [-0.39, 0.29) is 0 Å². The third-order valence-electron chi connectivity index (χ3n) is 2.12. The first kappa shape index (κ1) is 15.2. The summed E-state index contributed by atoms with van der Waals surface area (Å²) in [6, 6.07) is 0. The lowest BCUT2D eigenvalue weighted by molar-refractivity contribution is -0.549. The van der Waals surface area contributed by atoms with Crippen molar-refractivity contribution < 1.29 is 53.0 Å². The lowest BCUT2D eigenvalue weighted by atomic mass is 9.78. The van der Waals surface area contributed by atoms with E-state index in [4.69, 9.17) is 0 Å². The molecule has 0 bridgehead atoms. The minimum Gasteiger partial charge on any atom is -0.293 e. The molecule has 1 fully saturated rings. The van der Waals surface area contributed by atoms with Crippen LogP contribution in [0.3, 0.4) is 0 Å². The second-order valence-corrected chi connectivity index (χ2v) is 3.29. The zero-order valence-electron chi connectivity index (χ0n) is 7.64. The number of hydrogen-bond acceptors (Lipinski definition) is 1. The summed E-state index contributed by atoms with van der Waals surface area (Å²) in [7, 11) is 0. The van der Waals surface area contributed by atoms with Crippen LogP contribution in [-0.4, -0.2) is 36.2 Å². The van der Waals surface area contributed by atoms with Gasteiger partial charge >= 0.3 is 29.8 Å². The molecule has 0 aliphatic heterocycles. The molecule has 108 valence electrons. The van der Waals surface area contributed by atoms with Crippen LogP contribution in [0.15, 0.2) is 0 Å². The second kappa shape index (κ2) is 3.39. The number of rotatable bonds is 2. The third-order valence-corrected chi connectivity index (χ3v) is 2.12. The first-order valence-electron chi connectivity index (χ1n) is 3.84. The minimum absolute atomic E-state index is 2.17.